The molecule has 144 valence electrons. The molecule has 1 saturated heterocycles. The molecule has 0 spiro atoms. The number of likely N-dealkylation sites (tertiary alicyclic amines) is 1. The Hall–Kier alpha value is -2.45. The van der Waals surface area contributed by atoms with Crippen LogP contribution in [-0.4, -0.2) is 43.1 Å². The maximum Gasteiger partial charge on any atom is 0.264 e. The summed E-state index contributed by atoms with van der Waals surface area (Å²) in [5.41, 5.74) is 2.07. The highest BCUT2D eigenvalue weighted by Crippen LogP contribution is 2.22. The van der Waals surface area contributed by atoms with Crippen LogP contribution in [0.25, 0.3) is 0 Å². The third-order valence-electron chi connectivity index (χ3n) is 4.21. The van der Waals surface area contributed by atoms with Gasteiger partial charge in [0.05, 0.1) is 12.7 Å². The minimum absolute atomic E-state index is 0.0649. The lowest BCUT2D eigenvalue weighted by Crippen LogP contribution is -2.26. The first kappa shape index (κ1) is 19.3. The molecule has 27 heavy (non-hydrogen) atoms. The van der Waals surface area contributed by atoms with E-state index < -0.39 is 16.2 Å². The summed E-state index contributed by atoms with van der Waals surface area (Å²) in [4.78, 5) is 17.9. The summed E-state index contributed by atoms with van der Waals surface area (Å²) in [5, 5.41) is 0. The average molecular weight is 390 g/mol. The SMILES string of the molecule is CCc1ccc(Oc2ccc(CN3CC(OS(C)(=O)=O)CC3=O)cn2)cc1. The standard InChI is InChI=1S/C19H22N2O5S/c1-3-14-4-7-16(8-5-14)25-18-9-6-15(11-20-18)12-21-13-17(10-19(21)22)26-27(2,23)24/h4-9,11,17H,3,10,12-13H2,1-2H3. The number of carbonyl (C=O) groups excluding carboxylic acids is 1. The van der Waals surface area contributed by atoms with Crippen LogP contribution < -0.4 is 4.74 Å². The molecule has 3 rings (SSSR count). The van der Waals surface area contributed by atoms with Crippen LogP contribution in [0.2, 0.25) is 0 Å². The summed E-state index contributed by atoms with van der Waals surface area (Å²) in [7, 11) is -3.57. The number of benzene rings is 1. The van der Waals surface area contributed by atoms with E-state index in [1.54, 1.807) is 17.2 Å². The minimum Gasteiger partial charge on any atom is -0.439 e. The van der Waals surface area contributed by atoms with Crippen LogP contribution in [0.3, 0.4) is 0 Å². The predicted octanol–water partition coefficient (Wildman–Crippen LogP) is 2.51. The van der Waals surface area contributed by atoms with E-state index in [-0.39, 0.29) is 18.9 Å². The number of hydrogen-bond acceptors (Lipinski definition) is 6. The van der Waals surface area contributed by atoms with E-state index in [0.29, 0.717) is 18.2 Å². The lowest BCUT2D eigenvalue weighted by Gasteiger charge is -2.16. The van der Waals surface area contributed by atoms with E-state index in [0.717, 1.165) is 18.2 Å². The Morgan fingerprint density at radius 2 is 1.85 bits per heavy atom. The Morgan fingerprint density at radius 3 is 2.44 bits per heavy atom. The normalized spacial score (nSPS) is 17.3. The molecule has 2 aromatic rings. The number of aryl methyl sites for hydroxylation is 1. The number of hydrogen-bond donors (Lipinski definition) is 0. The molecule has 1 unspecified atom stereocenters. The average Bonchev–Trinajstić information content (AvgIpc) is 2.94. The van der Waals surface area contributed by atoms with Crippen LogP contribution in [0.15, 0.2) is 42.6 Å². The van der Waals surface area contributed by atoms with Gasteiger partial charge in [0.15, 0.2) is 0 Å². The van der Waals surface area contributed by atoms with E-state index in [2.05, 4.69) is 11.9 Å². The molecule has 1 amide bonds. The van der Waals surface area contributed by atoms with E-state index in [9.17, 15) is 13.2 Å². The number of nitrogens with zero attached hydrogens (tertiary/aromatic N) is 2. The summed E-state index contributed by atoms with van der Waals surface area (Å²) < 4.78 is 33.0. The molecule has 1 aromatic carbocycles. The summed E-state index contributed by atoms with van der Waals surface area (Å²) in [6.07, 6.45) is 3.04. The van der Waals surface area contributed by atoms with Crippen LogP contribution >= 0.6 is 0 Å². The van der Waals surface area contributed by atoms with Gasteiger partial charge in [0.1, 0.15) is 11.9 Å². The van der Waals surface area contributed by atoms with Gasteiger partial charge >= 0.3 is 0 Å². The largest absolute Gasteiger partial charge is 0.439 e. The molecule has 1 fully saturated rings. The highest BCUT2D eigenvalue weighted by molar-refractivity contribution is 7.86. The van der Waals surface area contributed by atoms with Gasteiger partial charge in [-0.15, -0.1) is 0 Å². The summed E-state index contributed by atoms with van der Waals surface area (Å²) in [5.74, 6) is 1.04. The number of ether oxygens (including phenoxy) is 1. The third kappa shape index (κ3) is 5.51. The fraction of sp³-hybridized carbons (Fsp3) is 0.368. The molecule has 1 atom stereocenters. The zero-order valence-corrected chi connectivity index (χ0v) is 16.1. The van der Waals surface area contributed by atoms with Gasteiger partial charge in [0, 0.05) is 25.4 Å². The number of rotatable bonds is 7. The van der Waals surface area contributed by atoms with Crippen molar-refractivity contribution < 1.29 is 22.1 Å². The van der Waals surface area contributed by atoms with Crippen molar-refractivity contribution in [2.24, 2.45) is 0 Å². The summed E-state index contributed by atoms with van der Waals surface area (Å²) in [6, 6.07) is 11.4. The molecule has 0 N–H and O–H groups in total. The Morgan fingerprint density at radius 1 is 1.15 bits per heavy atom. The maximum atomic E-state index is 12.0. The molecule has 0 bridgehead atoms. The van der Waals surface area contributed by atoms with Gasteiger partial charge in [-0.25, -0.2) is 4.98 Å². The number of pyridine rings is 1. The van der Waals surface area contributed by atoms with E-state index in [1.807, 2.05) is 30.3 Å². The zero-order chi connectivity index (χ0) is 19.4. The summed E-state index contributed by atoms with van der Waals surface area (Å²) in [6.45, 7) is 2.69. The monoisotopic (exact) mass is 390 g/mol. The smallest absolute Gasteiger partial charge is 0.264 e. The second-order valence-electron chi connectivity index (χ2n) is 6.50. The van der Waals surface area contributed by atoms with Crippen molar-refractivity contribution in [3.63, 3.8) is 0 Å². The van der Waals surface area contributed by atoms with Gasteiger partial charge in [-0.2, -0.15) is 8.42 Å². The molecule has 7 nitrogen and oxygen atoms in total. The Balaban J connectivity index is 1.58. The van der Waals surface area contributed by atoms with Crippen LogP contribution in [0.1, 0.15) is 24.5 Å². The van der Waals surface area contributed by atoms with Gasteiger partial charge in [-0.05, 0) is 29.7 Å². The Labute approximate surface area is 159 Å². The molecule has 0 aliphatic carbocycles. The molecular weight excluding hydrogens is 368 g/mol. The summed E-state index contributed by atoms with van der Waals surface area (Å²) >= 11 is 0. The number of carbonyl (C=O) groups is 1. The Kier molecular flexibility index (Phi) is 5.76. The topological polar surface area (TPSA) is 85.8 Å². The van der Waals surface area contributed by atoms with Crippen LogP contribution in [-0.2, 0) is 32.1 Å². The first-order valence-corrected chi connectivity index (χ1v) is 10.5. The van der Waals surface area contributed by atoms with Crippen molar-refractivity contribution in [2.75, 3.05) is 12.8 Å². The fourth-order valence-corrected chi connectivity index (χ4v) is 3.52. The minimum atomic E-state index is -3.57. The molecule has 0 radical (unpaired) electrons. The van der Waals surface area contributed by atoms with Gasteiger partial charge in [0.2, 0.25) is 11.8 Å². The predicted molar refractivity (Wildman–Crippen MR) is 99.9 cm³/mol. The molecular formula is C19H22N2O5S. The molecule has 1 aliphatic heterocycles. The van der Waals surface area contributed by atoms with Crippen molar-refractivity contribution in [3.8, 4) is 11.6 Å². The quantitative estimate of drug-likeness (QED) is 0.675. The van der Waals surface area contributed by atoms with Crippen molar-refractivity contribution in [2.45, 2.75) is 32.4 Å². The van der Waals surface area contributed by atoms with Gasteiger partial charge in [0.25, 0.3) is 10.1 Å². The highest BCUT2D eigenvalue weighted by Gasteiger charge is 2.32. The Bertz CT molecular complexity index is 895. The highest BCUT2D eigenvalue weighted by atomic mass is 32.2. The van der Waals surface area contributed by atoms with Crippen molar-refractivity contribution in [3.05, 3.63) is 53.7 Å². The lowest BCUT2D eigenvalue weighted by atomic mass is 10.2. The van der Waals surface area contributed by atoms with Gasteiger partial charge < -0.3 is 9.64 Å². The molecule has 0 saturated carbocycles. The molecule has 1 aromatic heterocycles. The first-order chi connectivity index (χ1) is 12.8. The van der Waals surface area contributed by atoms with E-state index in [4.69, 9.17) is 8.92 Å². The first-order valence-electron chi connectivity index (χ1n) is 8.70. The number of aromatic nitrogens is 1. The van der Waals surface area contributed by atoms with Gasteiger partial charge in [-0.3, -0.25) is 8.98 Å². The maximum absolute atomic E-state index is 12.0. The van der Waals surface area contributed by atoms with Crippen LogP contribution in [0.4, 0.5) is 0 Å². The fourth-order valence-electron chi connectivity index (χ4n) is 2.90. The van der Waals surface area contributed by atoms with E-state index >= 15 is 0 Å². The van der Waals surface area contributed by atoms with Crippen LogP contribution in [0, 0.1) is 0 Å². The lowest BCUT2D eigenvalue weighted by molar-refractivity contribution is -0.128. The van der Waals surface area contributed by atoms with Crippen LogP contribution in [0.5, 0.6) is 11.6 Å². The zero-order valence-electron chi connectivity index (χ0n) is 15.3. The third-order valence-corrected chi connectivity index (χ3v) is 4.84. The molecule has 2 heterocycles. The molecule has 8 heteroatoms. The second kappa shape index (κ2) is 8.06. The van der Waals surface area contributed by atoms with E-state index in [1.165, 1.54) is 5.56 Å². The second-order valence-corrected chi connectivity index (χ2v) is 8.11. The molecule has 1 aliphatic rings. The van der Waals surface area contributed by atoms with Crippen molar-refractivity contribution in [1.82, 2.24) is 9.88 Å². The number of amides is 1. The van der Waals surface area contributed by atoms with Gasteiger partial charge in [-0.1, -0.05) is 25.1 Å². The van der Waals surface area contributed by atoms with Crippen molar-refractivity contribution >= 4 is 16.0 Å². The van der Waals surface area contributed by atoms with Crippen molar-refractivity contribution in [1.29, 1.82) is 0 Å².